The van der Waals surface area contributed by atoms with E-state index in [4.69, 9.17) is 0 Å². The predicted octanol–water partition coefficient (Wildman–Crippen LogP) is 4.13. The third kappa shape index (κ3) is 4.19. The van der Waals surface area contributed by atoms with Crippen molar-refractivity contribution >= 4 is 23.2 Å². The van der Waals surface area contributed by atoms with Crippen LogP contribution in [0.1, 0.15) is 45.2 Å². The average Bonchev–Trinajstić information content (AvgIpc) is 3.53. The van der Waals surface area contributed by atoms with Crippen LogP contribution < -0.4 is 15.5 Å². The molecular weight excluding hydrogens is 350 g/mol. The summed E-state index contributed by atoms with van der Waals surface area (Å²) in [5, 5.41) is 5.92. The second-order valence-corrected chi connectivity index (χ2v) is 7.36. The molecule has 1 atom stereocenters. The molecule has 1 unspecified atom stereocenters. The molecule has 0 bridgehead atoms. The lowest BCUT2D eigenvalue weighted by Gasteiger charge is -2.22. The van der Waals surface area contributed by atoms with E-state index < -0.39 is 5.41 Å². The van der Waals surface area contributed by atoms with E-state index in [0.717, 1.165) is 30.0 Å². The van der Waals surface area contributed by atoms with Crippen molar-refractivity contribution in [2.75, 3.05) is 23.3 Å². The smallest absolute Gasteiger partial charge is 0.240 e. The number of nitrogens with one attached hydrogen (secondary N) is 2. The number of rotatable bonds is 8. The molecule has 0 saturated heterocycles. The first-order chi connectivity index (χ1) is 13.5. The van der Waals surface area contributed by atoms with Crippen molar-refractivity contribution in [1.82, 2.24) is 5.32 Å². The van der Waals surface area contributed by atoms with Crippen molar-refractivity contribution < 1.29 is 9.59 Å². The number of anilines is 2. The molecule has 2 aromatic rings. The van der Waals surface area contributed by atoms with Gasteiger partial charge in [-0.15, -0.1) is 0 Å². The third-order valence-corrected chi connectivity index (χ3v) is 5.52. The molecule has 1 fully saturated rings. The van der Waals surface area contributed by atoms with E-state index in [0.29, 0.717) is 12.8 Å². The SMILES string of the molecule is CCN(CC)c1ccc(NC(=O)C2(C(=O)NC(C)c3ccccc3)CC2)cc1. The second-order valence-electron chi connectivity index (χ2n) is 7.36. The molecule has 2 amide bonds. The maximum Gasteiger partial charge on any atom is 0.240 e. The minimum absolute atomic E-state index is 0.132. The molecule has 0 aromatic heterocycles. The van der Waals surface area contributed by atoms with Gasteiger partial charge in [-0.1, -0.05) is 30.3 Å². The summed E-state index contributed by atoms with van der Waals surface area (Å²) < 4.78 is 0. The van der Waals surface area contributed by atoms with E-state index in [1.54, 1.807) is 0 Å². The highest BCUT2D eigenvalue weighted by Gasteiger charge is 2.56. The van der Waals surface area contributed by atoms with Gasteiger partial charge in [-0.3, -0.25) is 9.59 Å². The summed E-state index contributed by atoms with van der Waals surface area (Å²) in [4.78, 5) is 27.8. The Bertz CT molecular complexity index is 810. The fourth-order valence-electron chi connectivity index (χ4n) is 3.44. The molecule has 0 aliphatic heterocycles. The van der Waals surface area contributed by atoms with Crippen molar-refractivity contribution in [1.29, 1.82) is 0 Å². The third-order valence-electron chi connectivity index (χ3n) is 5.52. The average molecular weight is 380 g/mol. The number of hydrogen-bond acceptors (Lipinski definition) is 3. The van der Waals surface area contributed by atoms with Crippen LogP contribution in [0.2, 0.25) is 0 Å². The highest BCUT2D eigenvalue weighted by Crippen LogP contribution is 2.47. The Labute approximate surface area is 167 Å². The highest BCUT2D eigenvalue weighted by molar-refractivity contribution is 6.13. The second kappa shape index (κ2) is 8.46. The van der Waals surface area contributed by atoms with Crippen molar-refractivity contribution in [2.24, 2.45) is 5.41 Å². The molecule has 3 rings (SSSR count). The zero-order valence-electron chi connectivity index (χ0n) is 16.9. The molecule has 0 radical (unpaired) electrons. The number of benzene rings is 2. The summed E-state index contributed by atoms with van der Waals surface area (Å²) in [5.41, 5.74) is 1.93. The van der Waals surface area contributed by atoms with Crippen LogP contribution in [-0.4, -0.2) is 24.9 Å². The Kier molecular flexibility index (Phi) is 6.02. The Hall–Kier alpha value is -2.82. The summed E-state index contributed by atoms with van der Waals surface area (Å²) in [6.45, 7) is 8.04. The Morgan fingerprint density at radius 1 is 0.964 bits per heavy atom. The largest absolute Gasteiger partial charge is 0.372 e. The van der Waals surface area contributed by atoms with Crippen LogP contribution in [0.25, 0.3) is 0 Å². The van der Waals surface area contributed by atoms with Crippen LogP contribution in [0.4, 0.5) is 11.4 Å². The lowest BCUT2D eigenvalue weighted by molar-refractivity contribution is -0.134. The predicted molar refractivity (Wildman–Crippen MR) is 113 cm³/mol. The van der Waals surface area contributed by atoms with E-state index >= 15 is 0 Å². The molecule has 0 heterocycles. The minimum atomic E-state index is -0.944. The summed E-state index contributed by atoms with van der Waals surface area (Å²) in [6.07, 6.45) is 1.17. The van der Waals surface area contributed by atoms with Crippen molar-refractivity contribution in [3.8, 4) is 0 Å². The standard InChI is InChI=1S/C23H29N3O2/c1-4-26(5-2)20-13-11-19(12-14-20)25-22(28)23(15-16-23)21(27)24-17(3)18-9-7-6-8-10-18/h6-14,17H,4-5,15-16H2,1-3H3,(H,24,27)(H,25,28). The molecule has 1 aliphatic carbocycles. The van der Waals surface area contributed by atoms with Gasteiger partial charge in [-0.2, -0.15) is 0 Å². The number of carbonyl (C=O) groups is 2. The molecule has 148 valence electrons. The molecule has 5 nitrogen and oxygen atoms in total. The molecule has 1 saturated carbocycles. The fourth-order valence-corrected chi connectivity index (χ4v) is 3.44. The van der Waals surface area contributed by atoms with Crippen LogP contribution >= 0.6 is 0 Å². The first kappa shape index (κ1) is 19.9. The Balaban J connectivity index is 1.62. The van der Waals surface area contributed by atoms with Gasteiger partial charge < -0.3 is 15.5 Å². The molecule has 2 aromatic carbocycles. The number of hydrogen-bond donors (Lipinski definition) is 2. The van der Waals surface area contributed by atoms with Gasteiger partial charge in [0.15, 0.2) is 0 Å². The van der Waals surface area contributed by atoms with E-state index in [2.05, 4.69) is 29.4 Å². The highest BCUT2D eigenvalue weighted by atomic mass is 16.2. The number of nitrogens with zero attached hydrogens (tertiary/aromatic N) is 1. The van der Waals surface area contributed by atoms with E-state index in [-0.39, 0.29) is 17.9 Å². The summed E-state index contributed by atoms with van der Waals surface area (Å²) in [7, 11) is 0. The molecule has 1 aliphatic rings. The van der Waals surface area contributed by atoms with Gasteiger partial charge in [0.05, 0.1) is 6.04 Å². The van der Waals surface area contributed by atoms with Crippen LogP contribution in [-0.2, 0) is 9.59 Å². The first-order valence-electron chi connectivity index (χ1n) is 10.0. The fraction of sp³-hybridized carbons (Fsp3) is 0.391. The summed E-state index contributed by atoms with van der Waals surface area (Å²) >= 11 is 0. The molecule has 28 heavy (non-hydrogen) atoms. The van der Waals surface area contributed by atoms with Crippen LogP contribution in [0.3, 0.4) is 0 Å². The molecule has 5 heteroatoms. The first-order valence-corrected chi connectivity index (χ1v) is 10.0. The zero-order valence-corrected chi connectivity index (χ0v) is 16.9. The molecule has 0 spiro atoms. The van der Waals surface area contributed by atoms with Gasteiger partial charge in [-0.25, -0.2) is 0 Å². The van der Waals surface area contributed by atoms with Crippen molar-refractivity contribution in [3.05, 3.63) is 60.2 Å². The number of amides is 2. The van der Waals surface area contributed by atoms with E-state index in [1.165, 1.54) is 0 Å². The monoisotopic (exact) mass is 379 g/mol. The van der Waals surface area contributed by atoms with Gasteiger partial charge in [0, 0.05) is 24.5 Å². The van der Waals surface area contributed by atoms with Crippen LogP contribution in [0.15, 0.2) is 54.6 Å². The van der Waals surface area contributed by atoms with Crippen molar-refractivity contribution in [3.63, 3.8) is 0 Å². The lowest BCUT2D eigenvalue weighted by Crippen LogP contribution is -2.41. The van der Waals surface area contributed by atoms with E-state index in [1.807, 2.05) is 61.5 Å². The van der Waals surface area contributed by atoms with Crippen LogP contribution in [0.5, 0.6) is 0 Å². The Morgan fingerprint density at radius 3 is 2.11 bits per heavy atom. The molecule has 2 N–H and O–H groups in total. The van der Waals surface area contributed by atoms with Gasteiger partial charge >= 0.3 is 0 Å². The lowest BCUT2D eigenvalue weighted by atomic mass is 10.0. The van der Waals surface area contributed by atoms with Crippen LogP contribution in [0, 0.1) is 5.41 Å². The topological polar surface area (TPSA) is 61.4 Å². The normalized spacial score (nSPS) is 15.4. The maximum atomic E-state index is 12.8. The summed E-state index contributed by atoms with van der Waals surface area (Å²) in [6, 6.07) is 17.4. The van der Waals surface area contributed by atoms with Crippen molar-refractivity contribution in [2.45, 2.75) is 39.7 Å². The van der Waals surface area contributed by atoms with Gasteiger partial charge in [0.2, 0.25) is 11.8 Å². The zero-order chi connectivity index (χ0) is 20.1. The van der Waals surface area contributed by atoms with E-state index in [9.17, 15) is 9.59 Å². The van der Waals surface area contributed by atoms with Gasteiger partial charge in [-0.05, 0) is 63.4 Å². The van der Waals surface area contributed by atoms with Gasteiger partial charge in [0.1, 0.15) is 5.41 Å². The Morgan fingerprint density at radius 2 is 1.57 bits per heavy atom. The minimum Gasteiger partial charge on any atom is -0.372 e. The van der Waals surface area contributed by atoms with Gasteiger partial charge in [0.25, 0.3) is 0 Å². The molecular formula is C23H29N3O2. The number of carbonyl (C=O) groups excluding carboxylic acids is 2. The quantitative estimate of drug-likeness (QED) is 0.678. The summed E-state index contributed by atoms with van der Waals surface area (Å²) in [5.74, 6) is -0.415. The maximum absolute atomic E-state index is 12.8.